The molecule has 92 valence electrons. The molecule has 0 saturated heterocycles. The predicted molar refractivity (Wildman–Crippen MR) is 62.6 cm³/mol. The van der Waals surface area contributed by atoms with E-state index in [4.69, 9.17) is 0 Å². The number of thiazole rings is 1. The van der Waals surface area contributed by atoms with Crippen molar-refractivity contribution in [2.24, 2.45) is 0 Å². The first-order valence-corrected chi connectivity index (χ1v) is 5.57. The summed E-state index contributed by atoms with van der Waals surface area (Å²) in [5.74, 6) is -1.05. The molecule has 8 heteroatoms. The summed E-state index contributed by atoms with van der Waals surface area (Å²) in [6.07, 6.45) is 1.05. The van der Waals surface area contributed by atoms with Gasteiger partial charge in [0.1, 0.15) is 6.20 Å². The number of amides is 1. The molecule has 1 amide bonds. The van der Waals surface area contributed by atoms with E-state index < -0.39 is 16.6 Å². The summed E-state index contributed by atoms with van der Waals surface area (Å²) < 4.78 is 0. The third-order valence-corrected chi connectivity index (χ3v) is 2.89. The average Bonchev–Trinajstić information content (AvgIpc) is 2.78. The van der Waals surface area contributed by atoms with E-state index in [2.05, 4.69) is 10.3 Å². The first kappa shape index (κ1) is 12.0. The number of anilines is 1. The Morgan fingerprint density at radius 1 is 1.39 bits per heavy atom. The number of para-hydroxylation sites is 1. The second-order valence-corrected chi connectivity index (χ2v) is 4.22. The van der Waals surface area contributed by atoms with Crippen molar-refractivity contribution in [3.05, 3.63) is 46.1 Å². The minimum Gasteiger partial charge on any atom is -0.872 e. The molecule has 1 N–H and O–H groups in total. The molecule has 0 radical (unpaired) electrons. The highest BCUT2D eigenvalue weighted by molar-refractivity contribution is 7.18. The Balaban J connectivity index is 2.16. The maximum Gasteiger partial charge on any atom is 0.345 e. The first-order chi connectivity index (χ1) is 8.58. The molecular weight excluding hydrogens is 258 g/mol. The first-order valence-electron chi connectivity index (χ1n) is 4.75. The Hall–Kier alpha value is -2.48. The van der Waals surface area contributed by atoms with Crippen LogP contribution >= 0.6 is 11.3 Å². The molecule has 1 aromatic heterocycles. The van der Waals surface area contributed by atoms with Crippen LogP contribution in [-0.2, 0) is 0 Å². The average molecular weight is 264 g/mol. The molecule has 0 aliphatic heterocycles. The fourth-order valence-electron chi connectivity index (χ4n) is 1.23. The van der Waals surface area contributed by atoms with Gasteiger partial charge in [0, 0.05) is 5.56 Å². The van der Waals surface area contributed by atoms with E-state index in [0.717, 1.165) is 17.5 Å². The number of rotatable bonds is 3. The number of aromatic nitrogens is 1. The summed E-state index contributed by atoms with van der Waals surface area (Å²) in [4.78, 5) is 25.2. The fourth-order valence-corrected chi connectivity index (χ4v) is 1.85. The van der Waals surface area contributed by atoms with E-state index >= 15 is 0 Å². The Morgan fingerprint density at radius 3 is 2.72 bits per heavy atom. The normalized spacial score (nSPS) is 10.0. The number of benzene rings is 1. The van der Waals surface area contributed by atoms with Gasteiger partial charge in [0.2, 0.25) is 0 Å². The van der Waals surface area contributed by atoms with Crippen molar-refractivity contribution in [1.29, 1.82) is 0 Å². The number of carbonyl (C=O) groups excluding carboxylic acids is 1. The molecule has 0 atom stereocenters. The number of nitrogens with one attached hydrogen (secondary N) is 1. The van der Waals surface area contributed by atoms with Gasteiger partial charge in [0.05, 0.1) is 4.92 Å². The monoisotopic (exact) mass is 264 g/mol. The van der Waals surface area contributed by atoms with Gasteiger partial charge in [-0.15, -0.1) is 0 Å². The van der Waals surface area contributed by atoms with Crippen LogP contribution in [0.5, 0.6) is 5.75 Å². The highest BCUT2D eigenvalue weighted by Crippen LogP contribution is 2.25. The lowest BCUT2D eigenvalue weighted by Crippen LogP contribution is -2.14. The zero-order valence-corrected chi connectivity index (χ0v) is 9.64. The van der Waals surface area contributed by atoms with E-state index in [1.54, 1.807) is 6.07 Å². The number of carbonyl (C=O) groups is 1. The van der Waals surface area contributed by atoms with Crippen LogP contribution < -0.4 is 10.4 Å². The summed E-state index contributed by atoms with van der Waals surface area (Å²) in [6.45, 7) is 0. The maximum absolute atomic E-state index is 11.7. The highest BCUT2D eigenvalue weighted by atomic mass is 32.1. The van der Waals surface area contributed by atoms with Crippen molar-refractivity contribution in [2.45, 2.75) is 0 Å². The third kappa shape index (κ3) is 2.43. The minimum absolute atomic E-state index is 0.0321. The SMILES string of the molecule is O=C(Nc1ncc([N+](=O)[O-])s1)c1ccccc1[O-]. The molecule has 0 spiro atoms. The Kier molecular flexibility index (Phi) is 3.20. The van der Waals surface area contributed by atoms with Crippen molar-refractivity contribution < 1.29 is 14.8 Å². The van der Waals surface area contributed by atoms with Gasteiger partial charge in [0.25, 0.3) is 5.91 Å². The van der Waals surface area contributed by atoms with Crippen LogP contribution in [0.2, 0.25) is 0 Å². The largest absolute Gasteiger partial charge is 0.872 e. The lowest BCUT2D eigenvalue weighted by atomic mass is 10.2. The number of hydrogen-bond donors (Lipinski definition) is 1. The van der Waals surface area contributed by atoms with Crippen LogP contribution in [0.4, 0.5) is 10.1 Å². The molecule has 0 unspecified atom stereocenters. The van der Waals surface area contributed by atoms with Crippen molar-refractivity contribution in [2.75, 3.05) is 5.32 Å². The molecular formula is C10H6N3O4S-. The van der Waals surface area contributed by atoms with E-state index in [1.165, 1.54) is 18.2 Å². The van der Waals surface area contributed by atoms with Crippen molar-refractivity contribution in [3.8, 4) is 5.75 Å². The molecule has 1 heterocycles. The van der Waals surface area contributed by atoms with Gasteiger partial charge in [0.15, 0.2) is 5.13 Å². The van der Waals surface area contributed by atoms with Gasteiger partial charge in [-0.25, -0.2) is 4.98 Å². The molecule has 0 bridgehead atoms. The zero-order valence-electron chi connectivity index (χ0n) is 8.82. The van der Waals surface area contributed by atoms with Gasteiger partial charge in [-0.05, 0) is 11.3 Å². The Morgan fingerprint density at radius 2 is 2.11 bits per heavy atom. The van der Waals surface area contributed by atoms with Gasteiger partial charge < -0.3 is 5.11 Å². The molecule has 0 aliphatic rings. The molecule has 2 aromatic rings. The topological polar surface area (TPSA) is 108 Å². The van der Waals surface area contributed by atoms with E-state index in [-0.39, 0.29) is 15.7 Å². The van der Waals surface area contributed by atoms with E-state index in [9.17, 15) is 20.0 Å². The van der Waals surface area contributed by atoms with Crippen LogP contribution in [0.15, 0.2) is 30.5 Å². The predicted octanol–water partition coefficient (Wildman–Crippen LogP) is 1.38. The fraction of sp³-hybridized carbons (Fsp3) is 0. The third-order valence-electron chi connectivity index (χ3n) is 2.03. The van der Waals surface area contributed by atoms with Crippen LogP contribution in [-0.4, -0.2) is 15.8 Å². The minimum atomic E-state index is -0.634. The van der Waals surface area contributed by atoms with E-state index in [1.807, 2.05) is 0 Å². The van der Waals surface area contributed by atoms with Crippen molar-refractivity contribution in [1.82, 2.24) is 4.98 Å². The highest BCUT2D eigenvalue weighted by Gasteiger charge is 2.14. The standard InChI is InChI=1S/C10H7N3O4S/c14-7-4-2-1-3-6(7)9(15)12-10-11-5-8(18-10)13(16)17/h1-5,14H,(H,11,12,15)/p-1. The Bertz CT molecular complexity index is 611. The van der Waals surface area contributed by atoms with E-state index in [0.29, 0.717) is 0 Å². The molecule has 18 heavy (non-hydrogen) atoms. The van der Waals surface area contributed by atoms with Crippen LogP contribution in [0.25, 0.3) is 0 Å². The summed E-state index contributed by atoms with van der Waals surface area (Å²) in [5, 5.41) is 24.1. The molecule has 2 rings (SSSR count). The lowest BCUT2D eigenvalue weighted by Gasteiger charge is -2.11. The molecule has 0 aliphatic carbocycles. The molecule has 1 aromatic carbocycles. The molecule has 0 saturated carbocycles. The zero-order chi connectivity index (χ0) is 13.1. The van der Waals surface area contributed by atoms with Crippen molar-refractivity contribution in [3.63, 3.8) is 0 Å². The summed E-state index contributed by atoms with van der Waals surface area (Å²) >= 11 is 0.726. The van der Waals surface area contributed by atoms with Gasteiger partial charge in [-0.2, -0.15) is 0 Å². The number of nitrogens with zero attached hydrogens (tertiary/aromatic N) is 2. The second kappa shape index (κ2) is 4.80. The van der Waals surface area contributed by atoms with Crippen molar-refractivity contribution >= 4 is 27.4 Å². The van der Waals surface area contributed by atoms with Gasteiger partial charge in [-0.1, -0.05) is 30.0 Å². The smallest absolute Gasteiger partial charge is 0.345 e. The Labute approximate surface area is 105 Å². The number of nitro groups is 1. The van der Waals surface area contributed by atoms with Gasteiger partial charge in [-0.3, -0.25) is 20.2 Å². The number of hydrogen-bond acceptors (Lipinski definition) is 6. The summed E-state index contributed by atoms with van der Waals surface area (Å²) in [5.41, 5.74) is -0.0321. The van der Waals surface area contributed by atoms with Crippen LogP contribution in [0, 0.1) is 10.1 Å². The van der Waals surface area contributed by atoms with Gasteiger partial charge >= 0.3 is 5.00 Å². The quantitative estimate of drug-likeness (QED) is 0.665. The molecule has 7 nitrogen and oxygen atoms in total. The second-order valence-electron chi connectivity index (χ2n) is 3.21. The lowest BCUT2D eigenvalue weighted by molar-refractivity contribution is -0.380. The van der Waals surface area contributed by atoms with Crippen LogP contribution in [0.1, 0.15) is 10.4 Å². The summed E-state index contributed by atoms with van der Waals surface area (Å²) in [7, 11) is 0. The maximum atomic E-state index is 11.7. The van der Waals surface area contributed by atoms with Crippen LogP contribution in [0.3, 0.4) is 0 Å². The summed E-state index contributed by atoms with van der Waals surface area (Å²) in [6, 6.07) is 5.72. The molecule has 0 fully saturated rings.